The lowest BCUT2D eigenvalue weighted by molar-refractivity contribution is 0.669. The van der Waals surface area contributed by atoms with Gasteiger partial charge in [-0.05, 0) is 130 Å². The highest BCUT2D eigenvalue weighted by atomic mass is 16.3. The van der Waals surface area contributed by atoms with Gasteiger partial charge in [0.15, 0.2) is 0 Å². The minimum atomic E-state index is 0.888. The minimum Gasteiger partial charge on any atom is -0.456 e. The zero-order valence-corrected chi connectivity index (χ0v) is 34.4. The zero-order valence-electron chi connectivity index (χ0n) is 34.4. The molecule has 0 spiro atoms. The van der Waals surface area contributed by atoms with Crippen LogP contribution in [-0.4, -0.2) is 9.55 Å². The van der Waals surface area contributed by atoms with Crippen LogP contribution in [0, 0.1) is 6.92 Å². The second-order valence-electron chi connectivity index (χ2n) is 16.9. The van der Waals surface area contributed by atoms with Crippen LogP contribution in [0.25, 0.3) is 136 Å². The van der Waals surface area contributed by atoms with E-state index in [1.165, 1.54) is 92.1 Å². The van der Waals surface area contributed by atoms with E-state index < -0.39 is 0 Å². The highest BCUT2D eigenvalue weighted by Crippen LogP contribution is 2.50. The van der Waals surface area contributed by atoms with Crippen LogP contribution in [0.4, 0.5) is 0 Å². The average molecular weight is 801 g/mol. The fraction of sp³-hybridized carbons (Fsp3) is 0.0167. The molecule has 3 nitrogen and oxygen atoms in total. The van der Waals surface area contributed by atoms with Gasteiger partial charge in [-0.1, -0.05) is 164 Å². The van der Waals surface area contributed by atoms with E-state index in [4.69, 9.17) is 9.40 Å². The van der Waals surface area contributed by atoms with E-state index >= 15 is 0 Å². The van der Waals surface area contributed by atoms with E-state index in [9.17, 15) is 0 Å². The van der Waals surface area contributed by atoms with Gasteiger partial charge < -0.3 is 4.42 Å². The van der Waals surface area contributed by atoms with Crippen molar-refractivity contribution in [1.29, 1.82) is 0 Å². The van der Waals surface area contributed by atoms with Crippen LogP contribution in [0.3, 0.4) is 0 Å². The number of aromatic nitrogens is 2. The van der Waals surface area contributed by atoms with Gasteiger partial charge in [0.25, 0.3) is 0 Å². The Balaban J connectivity index is 1.05. The summed E-state index contributed by atoms with van der Waals surface area (Å²) in [7, 11) is 0. The molecule has 2 heterocycles. The van der Waals surface area contributed by atoms with Crippen molar-refractivity contribution in [2.75, 3.05) is 0 Å². The van der Waals surface area contributed by atoms with Gasteiger partial charge in [-0.15, -0.1) is 0 Å². The standard InChI is InChI=1S/C60H36N2O/c1-35-61-53-28-14-15-29-54(53)62(35)60-48-26-12-10-24-46(48)59(47-25-11-13-27-49(47)60)58-44-22-8-6-20-42(44)57(43-21-7-9-23-45(43)58)36-30-31-41-52-33-50-39-18-4-2-16-37(39)38-17-3-5-19-40(38)51(50)34-56(52)63-55(41)32-36/h2-34H,1H3. The molecular formula is C60H36N2O. The third kappa shape index (κ3) is 4.76. The maximum Gasteiger partial charge on any atom is 0.136 e. The zero-order chi connectivity index (χ0) is 41.3. The molecular weight excluding hydrogens is 765 g/mol. The van der Waals surface area contributed by atoms with Crippen LogP contribution in [0.2, 0.25) is 0 Å². The summed E-state index contributed by atoms with van der Waals surface area (Å²) in [6.45, 7) is 2.12. The number of imidazole rings is 1. The predicted octanol–water partition coefficient (Wildman–Crippen LogP) is 16.6. The second kappa shape index (κ2) is 12.9. The molecule has 12 aromatic carbocycles. The van der Waals surface area contributed by atoms with E-state index in [1.54, 1.807) is 0 Å². The molecule has 0 N–H and O–H groups in total. The van der Waals surface area contributed by atoms with Crippen molar-refractivity contribution in [3.63, 3.8) is 0 Å². The smallest absolute Gasteiger partial charge is 0.136 e. The minimum absolute atomic E-state index is 0.888. The summed E-state index contributed by atoms with van der Waals surface area (Å²) < 4.78 is 9.22. The number of nitrogens with zero attached hydrogens (tertiary/aromatic N) is 2. The monoisotopic (exact) mass is 800 g/mol. The fourth-order valence-electron chi connectivity index (χ4n) is 11.1. The largest absolute Gasteiger partial charge is 0.456 e. The second-order valence-corrected chi connectivity index (χ2v) is 16.9. The summed E-state index contributed by atoms with van der Waals surface area (Å²) in [6.07, 6.45) is 0. The number of aryl methyl sites for hydroxylation is 1. The molecule has 0 aliphatic heterocycles. The molecule has 0 bridgehead atoms. The van der Waals surface area contributed by atoms with E-state index in [0.29, 0.717) is 0 Å². The Labute approximate surface area is 361 Å². The number of furan rings is 1. The molecule has 14 rings (SSSR count). The first-order chi connectivity index (χ1) is 31.2. The molecule has 0 radical (unpaired) electrons. The topological polar surface area (TPSA) is 31.0 Å². The molecule has 0 atom stereocenters. The number of benzene rings is 12. The van der Waals surface area contributed by atoms with Gasteiger partial charge in [0.05, 0.1) is 16.7 Å². The molecule has 292 valence electrons. The van der Waals surface area contributed by atoms with Crippen molar-refractivity contribution in [2.24, 2.45) is 0 Å². The van der Waals surface area contributed by atoms with Crippen molar-refractivity contribution in [3.05, 3.63) is 206 Å². The van der Waals surface area contributed by atoms with E-state index in [1.807, 2.05) is 0 Å². The summed E-state index contributed by atoms with van der Waals surface area (Å²) in [5.41, 5.74) is 9.88. The Bertz CT molecular complexity index is 4170. The lowest BCUT2D eigenvalue weighted by atomic mass is 9.82. The third-order valence-corrected chi connectivity index (χ3v) is 13.7. The van der Waals surface area contributed by atoms with Crippen molar-refractivity contribution in [3.8, 4) is 27.9 Å². The van der Waals surface area contributed by atoms with Gasteiger partial charge >= 0.3 is 0 Å². The maximum absolute atomic E-state index is 6.87. The first-order valence-corrected chi connectivity index (χ1v) is 21.7. The summed E-state index contributed by atoms with van der Waals surface area (Å²) in [5, 5.41) is 19.4. The highest BCUT2D eigenvalue weighted by Gasteiger charge is 2.24. The molecule has 2 aromatic heterocycles. The number of fused-ring (bicyclic) bond motifs is 14. The summed E-state index contributed by atoms with van der Waals surface area (Å²) in [6, 6.07) is 73.2. The van der Waals surface area contributed by atoms with Crippen LogP contribution in [0.1, 0.15) is 5.82 Å². The molecule has 3 heteroatoms. The van der Waals surface area contributed by atoms with Crippen LogP contribution in [-0.2, 0) is 0 Å². The average Bonchev–Trinajstić information content (AvgIpc) is 3.87. The Kier molecular flexibility index (Phi) is 7.04. The van der Waals surface area contributed by atoms with Crippen LogP contribution in [0.5, 0.6) is 0 Å². The predicted molar refractivity (Wildman–Crippen MR) is 266 cm³/mol. The van der Waals surface area contributed by atoms with Crippen molar-refractivity contribution in [2.45, 2.75) is 6.92 Å². The molecule has 0 fully saturated rings. The van der Waals surface area contributed by atoms with Crippen molar-refractivity contribution < 1.29 is 4.42 Å². The SMILES string of the molecule is Cc1nc2ccccc2n1-c1c2ccccc2c(-c2c3ccccc3c(-c3ccc4c(c3)oc3cc5c6ccccc6c6ccccc6c5cc34)c3ccccc23)c2ccccc12. The Morgan fingerprint density at radius 3 is 1.30 bits per heavy atom. The quantitative estimate of drug-likeness (QED) is 0.132. The molecule has 0 unspecified atom stereocenters. The molecule has 0 saturated heterocycles. The Morgan fingerprint density at radius 2 is 0.746 bits per heavy atom. The van der Waals surface area contributed by atoms with Gasteiger partial charge in [-0.25, -0.2) is 4.98 Å². The van der Waals surface area contributed by atoms with Crippen LogP contribution < -0.4 is 0 Å². The van der Waals surface area contributed by atoms with Gasteiger partial charge in [-0.2, -0.15) is 0 Å². The molecule has 0 aliphatic rings. The molecule has 0 aliphatic carbocycles. The Morgan fingerprint density at radius 1 is 0.333 bits per heavy atom. The normalized spacial score (nSPS) is 12.2. The van der Waals surface area contributed by atoms with E-state index in [-0.39, 0.29) is 0 Å². The first kappa shape index (κ1) is 34.4. The number of hydrogen-bond donors (Lipinski definition) is 0. The molecule has 14 aromatic rings. The summed E-state index contributed by atoms with van der Waals surface area (Å²) >= 11 is 0. The van der Waals surface area contributed by atoms with Gasteiger partial charge in [-0.3, -0.25) is 4.57 Å². The third-order valence-electron chi connectivity index (χ3n) is 13.7. The fourth-order valence-corrected chi connectivity index (χ4v) is 11.1. The van der Waals surface area contributed by atoms with Gasteiger partial charge in [0.2, 0.25) is 0 Å². The summed E-state index contributed by atoms with van der Waals surface area (Å²) in [5.74, 6) is 0.969. The lowest BCUT2D eigenvalue weighted by Gasteiger charge is -2.22. The number of para-hydroxylation sites is 2. The highest BCUT2D eigenvalue weighted by molar-refractivity contribution is 6.30. The Hall–Kier alpha value is -8.27. The van der Waals surface area contributed by atoms with Gasteiger partial charge in [0.1, 0.15) is 17.0 Å². The van der Waals surface area contributed by atoms with E-state index in [0.717, 1.165) is 50.0 Å². The van der Waals surface area contributed by atoms with Gasteiger partial charge in [0, 0.05) is 21.5 Å². The molecule has 0 saturated carbocycles. The molecule has 0 amide bonds. The maximum atomic E-state index is 6.87. The van der Waals surface area contributed by atoms with Crippen molar-refractivity contribution >= 4 is 108 Å². The van der Waals surface area contributed by atoms with Crippen LogP contribution >= 0.6 is 0 Å². The molecule has 63 heavy (non-hydrogen) atoms. The van der Waals surface area contributed by atoms with Crippen molar-refractivity contribution in [1.82, 2.24) is 9.55 Å². The first-order valence-electron chi connectivity index (χ1n) is 21.7. The summed E-state index contributed by atoms with van der Waals surface area (Å²) in [4.78, 5) is 5.03. The van der Waals surface area contributed by atoms with Crippen LogP contribution in [0.15, 0.2) is 205 Å². The number of hydrogen-bond acceptors (Lipinski definition) is 2. The number of rotatable bonds is 3. The van der Waals surface area contributed by atoms with E-state index in [2.05, 4.69) is 212 Å². The lowest BCUT2D eigenvalue weighted by Crippen LogP contribution is -2.01.